The predicted molar refractivity (Wildman–Crippen MR) is 50.4 cm³/mol. The summed E-state index contributed by atoms with van der Waals surface area (Å²) in [4.78, 5) is 14.0. The maximum atomic E-state index is 12.8. The fourth-order valence-electron chi connectivity index (χ4n) is 0.852. The lowest BCUT2D eigenvalue weighted by atomic mass is 10.2. The average molecular weight is 316 g/mol. The molecule has 0 aliphatic heterocycles. The lowest BCUT2D eigenvalue weighted by molar-refractivity contribution is 0.0993. The van der Waals surface area contributed by atoms with Crippen LogP contribution in [0, 0.1) is 9.39 Å². The summed E-state index contributed by atoms with van der Waals surface area (Å²) in [5.74, 6) is -2.11. The molecule has 2 N–H and O–H groups in total. The molecule has 1 aromatic heterocycles. The molecule has 0 aromatic carbocycles. The number of carbonyl (C=O) groups excluding carboxylic acids is 1. The van der Waals surface area contributed by atoms with Crippen molar-refractivity contribution in [2.24, 2.45) is 5.73 Å². The van der Waals surface area contributed by atoms with E-state index in [9.17, 15) is 18.0 Å². The minimum absolute atomic E-state index is 0.245. The second-order valence-corrected chi connectivity index (χ2v) is 3.43. The number of hydrogen-bond acceptors (Lipinski definition) is 2. The number of nitrogens with zero attached hydrogens (tertiary/aromatic N) is 1. The Morgan fingerprint density at radius 3 is 2.57 bits per heavy atom. The van der Waals surface area contributed by atoms with E-state index >= 15 is 0 Å². The second kappa shape index (κ2) is 4.11. The number of halogens is 4. The van der Waals surface area contributed by atoms with E-state index in [0.717, 1.165) is 0 Å². The summed E-state index contributed by atoms with van der Waals surface area (Å²) >= 11 is 1.41. The molecule has 3 nitrogen and oxygen atoms in total. The molecule has 0 aliphatic rings. The van der Waals surface area contributed by atoms with Crippen LogP contribution in [-0.4, -0.2) is 10.9 Å². The van der Waals surface area contributed by atoms with Gasteiger partial charge in [0.05, 0.1) is 15.3 Å². The molecule has 0 atom stereocenters. The Morgan fingerprint density at radius 1 is 1.57 bits per heavy atom. The highest BCUT2D eigenvalue weighted by molar-refractivity contribution is 14.1. The molecule has 0 radical (unpaired) electrons. The van der Waals surface area contributed by atoms with Crippen molar-refractivity contribution in [2.75, 3.05) is 0 Å². The Labute approximate surface area is 90.6 Å². The van der Waals surface area contributed by atoms with Crippen LogP contribution >= 0.6 is 22.6 Å². The van der Waals surface area contributed by atoms with Crippen LogP contribution in [0.4, 0.5) is 13.2 Å². The van der Waals surface area contributed by atoms with E-state index < -0.39 is 23.7 Å². The van der Waals surface area contributed by atoms with Crippen LogP contribution < -0.4 is 5.73 Å². The van der Waals surface area contributed by atoms with E-state index in [1.54, 1.807) is 0 Å². The minimum Gasteiger partial charge on any atom is -0.364 e. The summed E-state index contributed by atoms with van der Waals surface area (Å²) in [7, 11) is 0. The van der Waals surface area contributed by atoms with E-state index in [0.29, 0.717) is 6.20 Å². The van der Waals surface area contributed by atoms with Crippen LogP contribution in [0.1, 0.15) is 22.5 Å². The van der Waals surface area contributed by atoms with Crippen molar-refractivity contribution in [3.63, 3.8) is 0 Å². The van der Waals surface area contributed by atoms with Gasteiger partial charge >= 0.3 is 0 Å². The van der Waals surface area contributed by atoms with Gasteiger partial charge in [0, 0.05) is 0 Å². The molecule has 76 valence electrons. The van der Waals surface area contributed by atoms with Gasteiger partial charge in [-0.05, 0) is 22.6 Å². The zero-order valence-corrected chi connectivity index (χ0v) is 8.76. The lowest BCUT2D eigenvalue weighted by Gasteiger charge is -2.06. The van der Waals surface area contributed by atoms with Gasteiger partial charge in [0.15, 0.2) is 5.82 Å². The molecule has 0 fully saturated rings. The zero-order chi connectivity index (χ0) is 10.9. The SMILES string of the molecule is NC(=O)c1ncc(F)c(C(F)F)c1I. The fraction of sp³-hybridized carbons (Fsp3) is 0.143. The fourth-order valence-corrected chi connectivity index (χ4v) is 1.75. The summed E-state index contributed by atoms with van der Waals surface area (Å²) in [6.45, 7) is 0. The first-order chi connectivity index (χ1) is 6.45. The molecule has 0 aliphatic carbocycles. The Morgan fingerprint density at radius 2 is 2.14 bits per heavy atom. The van der Waals surface area contributed by atoms with E-state index in [4.69, 9.17) is 5.73 Å². The summed E-state index contributed by atoms with van der Waals surface area (Å²) < 4.78 is 37.2. The Hall–Kier alpha value is -0.860. The lowest BCUT2D eigenvalue weighted by Crippen LogP contribution is -2.17. The van der Waals surface area contributed by atoms with E-state index in [1.807, 2.05) is 0 Å². The highest BCUT2D eigenvalue weighted by Crippen LogP contribution is 2.28. The summed E-state index contributed by atoms with van der Waals surface area (Å²) in [6.07, 6.45) is -2.44. The third-order valence-electron chi connectivity index (χ3n) is 1.46. The van der Waals surface area contributed by atoms with Gasteiger partial charge in [-0.25, -0.2) is 18.2 Å². The number of hydrogen-bond donors (Lipinski definition) is 1. The van der Waals surface area contributed by atoms with Crippen LogP contribution in [0.3, 0.4) is 0 Å². The molecule has 14 heavy (non-hydrogen) atoms. The molecule has 1 amide bonds. The topological polar surface area (TPSA) is 56.0 Å². The highest BCUT2D eigenvalue weighted by atomic mass is 127. The van der Waals surface area contributed by atoms with Gasteiger partial charge in [-0.2, -0.15) is 0 Å². The standard InChI is InChI=1S/C7H4F3IN2O/c8-2-1-13-5(7(12)14)4(11)3(2)6(9)10/h1,6H,(H2,12,14). The van der Waals surface area contributed by atoms with Crippen LogP contribution in [0.2, 0.25) is 0 Å². The van der Waals surface area contributed by atoms with Crippen LogP contribution in [0.15, 0.2) is 6.20 Å². The number of carbonyl (C=O) groups is 1. The Balaban J connectivity index is 3.41. The highest BCUT2D eigenvalue weighted by Gasteiger charge is 2.22. The molecule has 0 saturated heterocycles. The average Bonchev–Trinajstić information content (AvgIpc) is 2.02. The number of pyridine rings is 1. The van der Waals surface area contributed by atoms with Crippen LogP contribution in [-0.2, 0) is 0 Å². The van der Waals surface area contributed by atoms with Crippen molar-refractivity contribution in [2.45, 2.75) is 6.43 Å². The predicted octanol–water partition coefficient (Wildman–Crippen LogP) is 1.86. The smallest absolute Gasteiger partial charge is 0.268 e. The summed E-state index contributed by atoms with van der Waals surface area (Å²) in [6, 6.07) is 0. The van der Waals surface area contributed by atoms with Crippen molar-refractivity contribution >= 4 is 28.5 Å². The summed E-state index contributed by atoms with van der Waals surface area (Å²) in [5, 5.41) is 0. The third kappa shape index (κ3) is 1.97. The van der Waals surface area contributed by atoms with Crippen LogP contribution in [0.5, 0.6) is 0 Å². The van der Waals surface area contributed by atoms with Gasteiger partial charge in [0.2, 0.25) is 0 Å². The molecule has 0 bridgehead atoms. The first-order valence-electron chi connectivity index (χ1n) is 3.37. The van der Waals surface area contributed by atoms with Gasteiger partial charge in [-0.3, -0.25) is 4.79 Å². The molecule has 0 saturated carbocycles. The van der Waals surface area contributed by atoms with Gasteiger partial charge in [-0.1, -0.05) is 0 Å². The third-order valence-corrected chi connectivity index (χ3v) is 2.55. The van der Waals surface area contributed by atoms with Crippen molar-refractivity contribution in [1.29, 1.82) is 0 Å². The quantitative estimate of drug-likeness (QED) is 0.847. The molecule has 1 heterocycles. The Bertz CT molecular complexity index is 383. The minimum atomic E-state index is -3.00. The van der Waals surface area contributed by atoms with Crippen molar-refractivity contribution in [1.82, 2.24) is 4.98 Å². The number of primary amides is 1. The van der Waals surface area contributed by atoms with Crippen LogP contribution in [0.25, 0.3) is 0 Å². The molecule has 1 rings (SSSR count). The first kappa shape index (κ1) is 11.2. The van der Waals surface area contributed by atoms with Gasteiger partial charge in [0.1, 0.15) is 5.69 Å². The number of rotatable bonds is 2. The molecule has 7 heteroatoms. The first-order valence-corrected chi connectivity index (χ1v) is 4.45. The number of alkyl halides is 2. The van der Waals surface area contributed by atoms with Crippen molar-refractivity contribution < 1.29 is 18.0 Å². The number of nitrogens with two attached hydrogens (primary N) is 1. The normalized spacial score (nSPS) is 10.6. The number of aromatic nitrogens is 1. The molecular weight excluding hydrogens is 312 g/mol. The maximum Gasteiger partial charge on any atom is 0.268 e. The Kier molecular flexibility index (Phi) is 3.29. The number of amides is 1. The monoisotopic (exact) mass is 316 g/mol. The molecule has 0 spiro atoms. The van der Waals surface area contributed by atoms with E-state index in [2.05, 4.69) is 4.98 Å². The maximum absolute atomic E-state index is 12.8. The molecular formula is C7H4F3IN2O. The van der Waals surface area contributed by atoms with Gasteiger partial charge < -0.3 is 5.73 Å². The van der Waals surface area contributed by atoms with Crippen molar-refractivity contribution in [3.05, 3.63) is 26.8 Å². The van der Waals surface area contributed by atoms with Gasteiger partial charge in [-0.15, -0.1) is 0 Å². The molecule has 0 unspecified atom stereocenters. The second-order valence-electron chi connectivity index (χ2n) is 2.35. The largest absolute Gasteiger partial charge is 0.364 e. The van der Waals surface area contributed by atoms with Gasteiger partial charge in [0.25, 0.3) is 12.3 Å². The zero-order valence-electron chi connectivity index (χ0n) is 6.60. The van der Waals surface area contributed by atoms with E-state index in [-0.39, 0.29) is 9.26 Å². The molecule has 1 aromatic rings. The summed E-state index contributed by atoms with van der Waals surface area (Å²) in [5.41, 5.74) is 3.68. The van der Waals surface area contributed by atoms with E-state index in [1.165, 1.54) is 22.6 Å². The van der Waals surface area contributed by atoms with Crippen molar-refractivity contribution in [3.8, 4) is 0 Å².